The topological polar surface area (TPSA) is 76.7 Å². The molecule has 1 saturated carbocycles. The van der Waals surface area contributed by atoms with Gasteiger partial charge in [0.15, 0.2) is 0 Å². The first-order chi connectivity index (χ1) is 7.24. The molecule has 0 amide bonds. The molecule has 3 N–H and O–H groups in total. The molecular weight excluding hydrogens is 214 g/mol. The van der Waals surface area contributed by atoms with Gasteiger partial charge in [0.05, 0.1) is 0 Å². The lowest BCUT2D eigenvalue weighted by Crippen LogP contribution is -2.14. The molecule has 1 aromatic rings. The van der Waals surface area contributed by atoms with Crippen molar-refractivity contribution in [3.8, 4) is 0 Å². The Morgan fingerprint density at radius 1 is 1.27 bits per heavy atom. The van der Waals surface area contributed by atoms with E-state index < -0.39 is 0 Å². The average Bonchev–Trinajstić information content (AvgIpc) is 2.65. The Morgan fingerprint density at radius 2 is 2.00 bits per heavy atom. The summed E-state index contributed by atoms with van der Waals surface area (Å²) in [4.78, 5) is 11.6. The highest BCUT2D eigenvalue weighted by atomic mass is 35.5. The summed E-state index contributed by atoms with van der Waals surface area (Å²) < 4.78 is 0. The van der Waals surface area contributed by atoms with Crippen molar-refractivity contribution >= 4 is 23.5 Å². The fourth-order valence-corrected chi connectivity index (χ4v) is 2.06. The van der Waals surface area contributed by atoms with E-state index in [4.69, 9.17) is 17.3 Å². The Balaban J connectivity index is 1.92. The molecule has 1 aromatic heterocycles. The van der Waals surface area contributed by atoms with Crippen LogP contribution in [0.15, 0.2) is 0 Å². The summed E-state index contributed by atoms with van der Waals surface area (Å²) in [6, 6.07) is 0. The van der Waals surface area contributed by atoms with Gasteiger partial charge >= 0.3 is 0 Å². The third-order valence-corrected chi connectivity index (χ3v) is 2.82. The molecule has 1 fully saturated rings. The van der Waals surface area contributed by atoms with Crippen LogP contribution in [0.3, 0.4) is 0 Å². The van der Waals surface area contributed by atoms with Crippen molar-refractivity contribution in [2.24, 2.45) is 5.92 Å². The van der Waals surface area contributed by atoms with Crippen molar-refractivity contribution in [2.75, 3.05) is 17.6 Å². The molecule has 0 bridgehead atoms. The summed E-state index contributed by atoms with van der Waals surface area (Å²) in [6.45, 7) is 0.889. The van der Waals surface area contributed by atoms with Crippen molar-refractivity contribution in [3.05, 3.63) is 5.28 Å². The van der Waals surface area contributed by atoms with Crippen LogP contribution in [-0.4, -0.2) is 21.5 Å². The van der Waals surface area contributed by atoms with Gasteiger partial charge in [-0.25, -0.2) is 0 Å². The molecule has 1 heterocycles. The Hall–Kier alpha value is -1.10. The van der Waals surface area contributed by atoms with Crippen molar-refractivity contribution in [1.29, 1.82) is 0 Å². The Bertz CT molecular complexity index is 317. The second-order valence-electron chi connectivity index (χ2n) is 3.82. The van der Waals surface area contributed by atoms with E-state index in [9.17, 15) is 0 Å². The van der Waals surface area contributed by atoms with Crippen LogP contribution in [0.25, 0.3) is 0 Å². The van der Waals surface area contributed by atoms with Crippen LogP contribution in [0.1, 0.15) is 25.7 Å². The lowest BCUT2D eigenvalue weighted by molar-refractivity contribution is 0.577. The van der Waals surface area contributed by atoms with Gasteiger partial charge in [-0.3, -0.25) is 0 Å². The molecule has 0 spiro atoms. The van der Waals surface area contributed by atoms with Crippen molar-refractivity contribution in [3.63, 3.8) is 0 Å². The number of hydrogen-bond acceptors (Lipinski definition) is 5. The van der Waals surface area contributed by atoms with E-state index in [1.165, 1.54) is 25.7 Å². The zero-order chi connectivity index (χ0) is 10.7. The molecule has 82 valence electrons. The number of nitrogens with zero attached hydrogens (tertiary/aromatic N) is 3. The van der Waals surface area contributed by atoms with E-state index in [-0.39, 0.29) is 11.2 Å². The number of nitrogens with two attached hydrogens (primary N) is 1. The summed E-state index contributed by atoms with van der Waals surface area (Å²) in [5.74, 6) is 1.35. The van der Waals surface area contributed by atoms with Crippen LogP contribution in [0, 0.1) is 5.92 Å². The number of aromatic nitrogens is 3. The minimum absolute atomic E-state index is 0.136. The first kappa shape index (κ1) is 10.4. The minimum Gasteiger partial charge on any atom is -0.368 e. The molecule has 1 aliphatic carbocycles. The van der Waals surface area contributed by atoms with Gasteiger partial charge in [0, 0.05) is 6.54 Å². The maximum atomic E-state index is 5.66. The number of anilines is 2. The van der Waals surface area contributed by atoms with Gasteiger partial charge in [0.1, 0.15) is 0 Å². The summed E-state index contributed by atoms with van der Waals surface area (Å²) in [5, 5.41) is 3.28. The van der Waals surface area contributed by atoms with Crippen LogP contribution in [-0.2, 0) is 0 Å². The summed E-state index contributed by atoms with van der Waals surface area (Å²) in [7, 11) is 0. The molecule has 0 atom stereocenters. The third-order valence-electron chi connectivity index (χ3n) is 2.65. The van der Waals surface area contributed by atoms with Gasteiger partial charge in [-0.2, -0.15) is 15.0 Å². The van der Waals surface area contributed by atoms with Crippen LogP contribution in [0.4, 0.5) is 11.9 Å². The summed E-state index contributed by atoms with van der Waals surface area (Å²) in [5.41, 5.74) is 5.46. The monoisotopic (exact) mass is 227 g/mol. The molecule has 0 aliphatic heterocycles. The Kier molecular flexibility index (Phi) is 3.20. The smallest absolute Gasteiger partial charge is 0.228 e. The van der Waals surface area contributed by atoms with Gasteiger partial charge in [-0.05, 0) is 30.4 Å². The quantitative estimate of drug-likeness (QED) is 0.822. The van der Waals surface area contributed by atoms with Crippen LogP contribution in [0.2, 0.25) is 5.28 Å². The number of nitrogen functional groups attached to an aromatic ring is 1. The van der Waals surface area contributed by atoms with Crippen LogP contribution >= 0.6 is 11.6 Å². The molecule has 0 radical (unpaired) electrons. The average molecular weight is 228 g/mol. The van der Waals surface area contributed by atoms with E-state index >= 15 is 0 Å². The highest BCUT2D eigenvalue weighted by Gasteiger charge is 2.15. The maximum absolute atomic E-state index is 5.66. The van der Waals surface area contributed by atoms with E-state index in [1.807, 2.05) is 0 Å². The van der Waals surface area contributed by atoms with Crippen molar-refractivity contribution in [2.45, 2.75) is 25.7 Å². The first-order valence-corrected chi connectivity index (χ1v) is 5.53. The number of halogens is 1. The maximum Gasteiger partial charge on any atom is 0.228 e. The van der Waals surface area contributed by atoms with Crippen molar-refractivity contribution in [1.82, 2.24) is 15.0 Å². The summed E-state index contributed by atoms with van der Waals surface area (Å²) in [6.07, 6.45) is 5.21. The highest BCUT2D eigenvalue weighted by Crippen LogP contribution is 2.24. The van der Waals surface area contributed by atoms with Gasteiger partial charge < -0.3 is 11.1 Å². The molecule has 2 rings (SSSR count). The molecule has 0 unspecified atom stereocenters. The van der Waals surface area contributed by atoms with Crippen LogP contribution in [0.5, 0.6) is 0 Å². The van der Waals surface area contributed by atoms with E-state index in [0.717, 1.165) is 12.5 Å². The predicted octanol–water partition coefficient (Wildman–Crippen LogP) is 1.71. The van der Waals surface area contributed by atoms with Gasteiger partial charge in [0.25, 0.3) is 0 Å². The first-order valence-electron chi connectivity index (χ1n) is 5.15. The van der Waals surface area contributed by atoms with Gasteiger partial charge in [-0.1, -0.05) is 12.8 Å². The molecule has 15 heavy (non-hydrogen) atoms. The van der Waals surface area contributed by atoms with Crippen LogP contribution < -0.4 is 11.1 Å². The molecule has 0 aromatic carbocycles. The molecule has 1 aliphatic rings. The Labute approximate surface area is 93.5 Å². The lowest BCUT2D eigenvalue weighted by atomic mass is 10.1. The second kappa shape index (κ2) is 4.61. The molecule has 0 saturated heterocycles. The van der Waals surface area contributed by atoms with Gasteiger partial charge in [-0.15, -0.1) is 0 Å². The number of hydrogen-bond donors (Lipinski definition) is 2. The minimum atomic E-state index is 0.136. The normalized spacial score (nSPS) is 16.9. The van der Waals surface area contributed by atoms with Crippen molar-refractivity contribution < 1.29 is 0 Å². The standard InChI is InChI=1S/C9H14ClN5/c10-7-13-8(11)15-9(14-7)12-5-6-3-1-2-4-6/h6H,1-5H2,(H3,11,12,13,14,15). The second-order valence-corrected chi connectivity index (χ2v) is 4.16. The van der Waals surface area contributed by atoms with E-state index in [0.29, 0.717) is 5.95 Å². The highest BCUT2D eigenvalue weighted by molar-refractivity contribution is 6.28. The predicted molar refractivity (Wildman–Crippen MR) is 59.7 cm³/mol. The third kappa shape index (κ3) is 2.92. The molecule has 6 heteroatoms. The zero-order valence-corrected chi connectivity index (χ0v) is 9.17. The summed E-state index contributed by atoms with van der Waals surface area (Å²) >= 11 is 5.66. The molecular formula is C9H14ClN5. The SMILES string of the molecule is Nc1nc(Cl)nc(NCC2CCCC2)n1. The zero-order valence-electron chi connectivity index (χ0n) is 8.41. The number of nitrogens with one attached hydrogen (secondary N) is 1. The largest absolute Gasteiger partial charge is 0.368 e. The molecule has 5 nitrogen and oxygen atoms in total. The van der Waals surface area contributed by atoms with E-state index in [2.05, 4.69) is 20.3 Å². The lowest BCUT2D eigenvalue weighted by Gasteiger charge is -2.10. The van der Waals surface area contributed by atoms with Gasteiger partial charge in [0.2, 0.25) is 17.2 Å². The fraction of sp³-hybridized carbons (Fsp3) is 0.667. The number of rotatable bonds is 3. The Morgan fingerprint density at radius 3 is 2.67 bits per heavy atom. The fourth-order valence-electron chi connectivity index (χ4n) is 1.89. The van der Waals surface area contributed by atoms with E-state index in [1.54, 1.807) is 0 Å².